The van der Waals surface area contributed by atoms with Gasteiger partial charge >= 0.3 is 5.97 Å². The van der Waals surface area contributed by atoms with E-state index in [1.165, 1.54) is 16.3 Å². The molecule has 1 heterocycles. The lowest BCUT2D eigenvalue weighted by Gasteiger charge is -2.39. The third-order valence-electron chi connectivity index (χ3n) is 10.2. The average Bonchev–Trinajstić information content (AvgIpc) is 3.19. The van der Waals surface area contributed by atoms with Gasteiger partial charge in [-0.25, -0.2) is 0 Å². The van der Waals surface area contributed by atoms with Gasteiger partial charge in [0.1, 0.15) is 0 Å². The largest absolute Gasteiger partial charge is 0.481 e. The Labute approximate surface area is 312 Å². The summed E-state index contributed by atoms with van der Waals surface area (Å²) in [4.78, 5) is 25.5. The van der Waals surface area contributed by atoms with E-state index in [0.29, 0.717) is 32.2 Å². The number of aliphatic carboxylic acids is 1. The van der Waals surface area contributed by atoms with Crippen molar-refractivity contribution >= 4 is 22.6 Å². The monoisotopic (exact) mass is 714 g/mol. The molecule has 3 N–H and O–H groups in total. The van der Waals surface area contributed by atoms with Crippen molar-refractivity contribution in [2.45, 2.75) is 83.1 Å². The first kappa shape index (κ1) is 37.9. The second-order valence-corrected chi connectivity index (χ2v) is 14.1. The third kappa shape index (κ3) is 10.4. The topological polar surface area (TPSA) is 108 Å². The number of hydrogen-bond donors (Lipinski definition) is 3. The molecule has 0 saturated carbocycles. The number of carboxylic acid groups (broad SMARTS) is 1. The number of benzene rings is 5. The molecule has 1 fully saturated rings. The molecule has 4 unspecified atom stereocenters. The summed E-state index contributed by atoms with van der Waals surface area (Å²) in [6.45, 7) is 3.36. The fourth-order valence-electron chi connectivity index (χ4n) is 6.99. The van der Waals surface area contributed by atoms with Gasteiger partial charge in [-0.3, -0.25) is 14.5 Å². The Balaban J connectivity index is 1.15. The molecule has 1 saturated heterocycles. The minimum atomic E-state index is -0.803. The lowest BCUT2D eigenvalue weighted by Crippen LogP contribution is -2.38. The molecule has 6 rings (SSSR count). The number of carbonyl (C=O) groups is 2. The van der Waals surface area contributed by atoms with Crippen LogP contribution in [0.2, 0.25) is 0 Å². The highest BCUT2D eigenvalue weighted by Crippen LogP contribution is 2.39. The van der Waals surface area contributed by atoms with Crippen molar-refractivity contribution in [2.75, 3.05) is 13.6 Å². The molecule has 5 aromatic carbocycles. The summed E-state index contributed by atoms with van der Waals surface area (Å²) in [5.74, 6) is -0.838. The van der Waals surface area contributed by atoms with Gasteiger partial charge in [0.2, 0.25) is 5.91 Å². The molecular weight excluding hydrogens is 665 g/mol. The van der Waals surface area contributed by atoms with Crippen LogP contribution >= 0.6 is 0 Å². The molecule has 0 spiro atoms. The van der Waals surface area contributed by atoms with Gasteiger partial charge in [-0.15, -0.1) is 0 Å². The highest BCUT2D eigenvalue weighted by atomic mass is 16.7. The molecule has 4 atom stereocenters. The van der Waals surface area contributed by atoms with Gasteiger partial charge in [-0.05, 0) is 89.2 Å². The van der Waals surface area contributed by atoms with E-state index in [2.05, 4.69) is 90.9 Å². The number of ether oxygens (including phenoxy) is 2. The lowest BCUT2D eigenvalue weighted by atomic mass is 9.97. The van der Waals surface area contributed by atoms with Crippen molar-refractivity contribution in [1.82, 2.24) is 10.2 Å². The van der Waals surface area contributed by atoms with Crippen molar-refractivity contribution < 1.29 is 29.3 Å². The van der Waals surface area contributed by atoms with Gasteiger partial charge < -0.3 is 25.0 Å². The van der Waals surface area contributed by atoms with Crippen LogP contribution < -0.4 is 5.32 Å². The van der Waals surface area contributed by atoms with Crippen molar-refractivity contribution in [2.24, 2.45) is 0 Å². The second kappa shape index (κ2) is 18.3. The standard InChI is InChI=1S/C45H50N2O6/c1-31(36-23-22-34-11-6-7-12-38(34)25-36)47(2)29-41-27-42(35-20-18-32(30-48)19-21-35)53-45(52-41)40-15-9-14-39(26-40)37-13-8-10-33(24-37)28-46-43(49)16-4-3-5-17-44(50)51/h6-15,18-26,31,41-42,45,48H,3-5,16-17,27-30H2,1-2H3,(H,46,49)(H,50,51). The van der Waals surface area contributed by atoms with Crippen LogP contribution in [0.1, 0.15) is 91.7 Å². The fraction of sp³-hybridized carbons (Fsp3) is 0.333. The Hall–Kier alpha value is -4.86. The van der Waals surface area contributed by atoms with E-state index in [0.717, 1.165) is 46.3 Å². The maximum atomic E-state index is 12.4. The molecule has 5 aromatic rings. The summed E-state index contributed by atoms with van der Waals surface area (Å²) in [7, 11) is 2.15. The van der Waals surface area contributed by atoms with E-state index in [-0.39, 0.29) is 37.2 Å². The molecule has 8 nitrogen and oxygen atoms in total. The Morgan fingerprint density at radius 2 is 1.51 bits per heavy atom. The summed E-state index contributed by atoms with van der Waals surface area (Å²) in [6, 6.07) is 39.7. The number of nitrogens with one attached hydrogen (secondary N) is 1. The second-order valence-electron chi connectivity index (χ2n) is 14.1. The van der Waals surface area contributed by atoms with Gasteiger partial charge in [-0.2, -0.15) is 0 Å². The van der Waals surface area contributed by atoms with Crippen molar-refractivity contribution in [3.05, 3.63) is 143 Å². The molecule has 0 aromatic heterocycles. The number of amides is 1. The predicted molar refractivity (Wildman–Crippen MR) is 208 cm³/mol. The van der Waals surface area contributed by atoms with E-state index in [9.17, 15) is 14.7 Å². The quantitative estimate of drug-likeness (QED) is 0.0877. The Kier molecular flexibility index (Phi) is 13.0. The van der Waals surface area contributed by atoms with Crippen molar-refractivity contribution in [3.8, 4) is 11.1 Å². The van der Waals surface area contributed by atoms with Gasteiger partial charge in [-0.1, -0.05) is 103 Å². The predicted octanol–water partition coefficient (Wildman–Crippen LogP) is 8.89. The zero-order valence-corrected chi connectivity index (χ0v) is 30.6. The van der Waals surface area contributed by atoms with Crippen LogP contribution in [-0.2, 0) is 32.2 Å². The van der Waals surface area contributed by atoms with Crippen LogP contribution in [0.5, 0.6) is 0 Å². The molecule has 276 valence electrons. The van der Waals surface area contributed by atoms with Crippen LogP contribution in [0.3, 0.4) is 0 Å². The molecular formula is C45H50N2O6. The summed E-state index contributed by atoms with van der Waals surface area (Å²) >= 11 is 0. The number of hydrogen-bond acceptors (Lipinski definition) is 6. The first-order valence-corrected chi connectivity index (χ1v) is 18.6. The number of aliphatic hydroxyl groups excluding tert-OH is 1. The summed E-state index contributed by atoms with van der Waals surface area (Å²) in [5.41, 5.74) is 7.14. The Morgan fingerprint density at radius 1 is 0.774 bits per heavy atom. The van der Waals surface area contributed by atoms with E-state index < -0.39 is 12.3 Å². The number of fused-ring (bicyclic) bond motifs is 1. The normalized spacial score (nSPS) is 17.8. The van der Waals surface area contributed by atoms with E-state index in [4.69, 9.17) is 14.6 Å². The van der Waals surface area contributed by atoms with Crippen LogP contribution in [0.25, 0.3) is 21.9 Å². The number of nitrogens with zero attached hydrogens (tertiary/aromatic N) is 1. The lowest BCUT2D eigenvalue weighted by molar-refractivity contribution is -0.253. The summed E-state index contributed by atoms with van der Waals surface area (Å²) in [6.07, 6.45) is 2.32. The van der Waals surface area contributed by atoms with Gasteiger partial charge in [0, 0.05) is 44.0 Å². The van der Waals surface area contributed by atoms with E-state index in [1.54, 1.807) is 0 Å². The number of carboxylic acids is 1. The van der Waals surface area contributed by atoms with Gasteiger partial charge in [0.05, 0.1) is 18.8 Å². The van der Waals surface area contributed by atoms with E-state index >= 15 is 0 Å². The molecule has 53 heavy (non-hydrogen) atoms. The molecule has 1 aliphatic rings. The van der Waals surface area contributed by atoms with Crippen LogP contribution in [0.15, 0.2) is 115 Å². The first-order valence-electron chi connectivity index (χ1n) is 18.6. The van der Waals surface area contributed by atoms with Crippen LogP contribution in [0, 0.1) is 0 Å². The molecule has 1 amide bonds. The molecule has 1 aliphatic heterocycles. The minimum absolute atomic E-state index is 0.00579. The highest BCUT2D eigenvalue weighted by molar-refractivity contribution is 5.83. The number of rotatable bonds is 16. The number of likely N-dealkylation sites (N-methyl/N-ethyl adjacent to an activating group) is 1. The molecule has 0 aliphatic carbocycles. The Bertz CT molecular complexity index is 1980. The number of aliphatic hydroxyl groups is 1. The number of carbonyl (C=O) groups excluding carboxylic acids is 1. The fourth-order valence-corrected chi connectivity index (χ4v) is 6.99. The molecule has 8 heteroatoms. The van der Waals surface area contributed by atoms with Gasteiger partial charge in [0.15, 0.2) is 6.29 Å². The SMILES string of the molecule is CC(c1ccc2ccccc2c1)N(C)CC1CC(c2ccc(CO)cc2)OC(c2cccc(-c3cccc(CNC(=O)CCCCCC(=O)O)c3)c2)O1. The summed E-state index contributed by atoms with van der Waals surface area (Å²) in [5, 5.41) is 23.9. The maximum Gasteiger partial charge on any atom is 0.303 e. The average molecular weight is 715 g/mol. The smallest absolute Gasteiger partial charge is 0.303 e. The zero-order valence-electron chi connectivity index (χ0n) is 30.6. The van der Waals surface area contributed by atoms with Gasteiger partial charge in [0.25, 0.3) is 0 Å². The van der Waals surface area contributed by atoms with Crippen LogP contribution in [-0.4, -0.2) is 46.7 Å². The Morgan fingerprint density at radius 3 is 2.28 bits per heavy atom. The first-order chi connectivity index (χ1) is 25.7. The molecule has 0 radical (unpaired) electrons. The summed E-state index contributed by atoms with van der Waals surface area (Å²) < 4.78 is 13.5. The van der Waals surface area contributed by atoms with Crippen LogP contribution in [0.4, 0.5) is 0 Å². The van der Waals surface area contributed by atoms with Crippen molar-refractivity contribution in [3.63, 3.8) is 0 Å². The number of unbranched alkanes of at least 4 members (excludes halogenated alkanes) is 2. The van der Waals surface area contributed by atoms with Crippen molar-refractivity contribution in [1.29, 1.82) is 0 Å². The minimum Gasteiger partial charge on any atom is -0.481 e. The van der Waals surface area contributed by atoms with E-state index in [1.807, 2.05) is 48.5 Å². The maximum absolute atomic E-state index is 12.4. The highest BCUT2D eigenvalue weighted by Gasteiger charge is 2.33. The molecule has 0 bridgehead atoms. The third-order valence-corrected chi connectivity index (χ3v) is 10.2. The zero-order chi connectivity index (χ0) is 37.2.